The maximum absolute atomic E-state index is 11.9. The first-order valence-electron chi connectivity index (χ1n) is 10.6. The van der Waals surface area contributed by atoms with Crippen molar-refractivity contribution in [3.8, 4) is 0 Å². The van der Waals surface area contributed by atoms with Crippen molar-refractivity contribution < 1.29 is 9.59 Å². The normalized spacial score (nSPS) is 11.9. The van der Waals surface area contributed by atoms with E-state index in [1.54, 1.807) is 0 Å². The lowest BCUT2D eigenvalue weighted by atomic mass is 9.83. The standard InChI is InChI=1S/C13H26O.C10H21NO/c1-9(2)7-12(8-10(3)4)13(14)11(5)6;1-7(2)5-9(10(11)12)6-8(3)4/h9-12H,7-8H2,1-6H3;7-9H,5-6H2,1-4H3,(H2,11,12). The van der Waals surface area contributed by atoms with Gasteiger partial charge in [-0.15, -0.1) is 0 Å². The molecule has 0 atom stereocenters. The summed E-state index contributed by atoms with van der Waals surface area (Å²) in [6.07, 6.45) is 3.95. The van der Waals surface area contributed by atoms with Gasteiger partial charge >= 0.3 is 0 Å². The minimum atomic E-state index is -0.141. The molecule has 0 saturated carbocycles. The Morgan fingerprint density at radius 1 is 0.577 bits per heavy atom. The molecule has 0 aliphatic carbocycles. The second-order valence-corrected chi connectivity index (χ2v) is 9.87. The average molecular weight is 370 g/mol. The van der Waals surface area contributed by atoms with Crippen molar-refractivity contribution in [3.63, 3.8) is 0 Å². The summed E-state index contributed by atoms with van der Waals surface area (Å²) in [7, 11) is 0. The summed E-state index contributed by atoms with van der Waals surface area (Å²) in [5.41, 5.74) is 5.29. The fourth-order valence-corrected chi connectivity index (χ4v) is 3.40. The third-order valence-corrected chi connectivity index (χ3v) is 4.40. The van der Waals surface area contributed by atoms with Crippen molar-refractivity contribution >= 4 is 11.7 Å². The number of nitrogens with two attached hydrogens (primary N) is 1. The Kier molecular flexibility index (Phi) is 15.0. The summed E-state index contributed by atoms with van der Waals surface area (Å²) >= 11 is 0. The van der Waals surface area contributed by atoms with Crippen molar-refractivity contribution in [2.45, 2.75) is 94.9 Å². The van der Waals surface area contributed by atoms with Crippen LogP contribution in [0.3, 0.4) is 0 Å². The molecule has 0 rings (SSSR count). The summed E-state index contributed by atoms with van der Waals surface area (Å²) in [4.78, 5) is 22.9. The SMILES string of the molecule is CC(C)CC(CC(C)C)C(=O)C(C)C.CC(C)CC(CC(C)C)C(N)=O. The third-order valence-electron chi connectivity index (χ3n) is 4.40. The molecule has 156 valence electrons. The topological polar surface area (TPSA) is 60.2 Å². The number of rotatable bonds is 11. The summed E-state index contributed by atoms with van der Waals surface area (Å²) in [5.74, 6) is 3.23. The van der Waals surface area contributed by atoms with Crippen LogP contribution < -0.4 is 5.73 Å². The maximum atomic E-state index is 11.9. The van der Waals surface area contributed by atoms with Crippen LogP contribution in [0.5, 0.6) is 0 Å². The van der Waals surface area contributed by atoms with E-state index in [0.29, 0.717) is 29.5 Å². The highest BCUT2D eigenvalue weighted by molar-refractivity contribution is 5.82. The average Bonchev–Trinajstić information content (AvgIpc) is 2.43. The number of hydrogen-bond donors (Lipinski definition) is 1. The van der Waals surface area contributed by atoms with Crippen molar-refractivity contribution in [2.75, 3.05) is 0 Å². The van der Waals surface area contributed by atoms with Crippen LogP contribution in [0.25, 0.3) is 0 Å². The largest absolute Gasteiger partial charge is 0.369 e. The third kappa shape index (κ3) is 15.4. The van der Waals surface area contributed by atoms with E-state index in [2.05, 4.69) is 55.4 Å². The number of carbonyl (C=O) groups excluding carboxylic acids is 2. The lowest BCUT2D eigenvalue weighted by Crippen LogP contribution is -2.25. The molecule has 0 heterocycles. The quantitative estimate of drug-likeness (QED) is 0.478. The molecule has 3 nitrogen and oxygen atoms in total. The van der Waals surface area contributed by atoms with Crippen molar-refractivity contribution in [1.82, 2.24) is 0 Å². The van der Waals surface area contributed by atoms with Gasteiger partial charge in [-0.05, 0) is 49.4 Å². The molecule has 0 aromatic carbocycles. The van der Waals surface area contributed by atoms with Crippen LogP contribution in [0, 0.1) is 41.4 Å². The highest BCUT2D eigenvalue weighted by atomic mass is 16.1. The van der Waals surface area contributed by atoms with Gasteiger partial charge in [0.2, 0.25) is 5.91 Å². The van der Waals surface area contributed by atoms with Crippen LogP contribution in [0.4, 0.5) is 0 Å². The zero-order valence-electron chi connectivity index (χ0n) is 19.3. The first-order chi connectivity index (χ1) is 11.8. The van der Waals surface area contributed by atoms with Crippen molar-refractivity contribution in [3.05, 3.63) is 0 Å². The Morgan fingerprint density at radius 2 is 0.846 bits per heavy atom. The summed E-state index contributed by atoms with van der Waals surface area (Å²) in [6.45, 7) is 21.3. The fraction of sp³-hybridized carbons (Fsp3) is 0.913. The molecular weight excluding hydrogens is 322 g/mol. The summed E-state index contributed by atoms with van der Waals surface area (Å²) < 4.78 is 0. The highest BCUT2D eigenvalue weighted by Crippen LogP contribution is 2.23. The van der Waals surface area contributed by atoms with Crippen LogP contribution in [-0.4, -0.2) is 11.7 Å². The smallest absolute Gasteiger partial charge is 0.220 e. The van der Waals surface area contributed by atoms with Gasteiger partial charge in [0, 0.05) is 17.8 Å². The second kappa shape index (κ2) is 14.2. The Morgan fingerprint density at radius 3 is 1.04 bits per heavy atom. The number of amides is 1. The molecule has 1 amide bonds. The van der Waals surface area contributed by atoms with Gasteiger partial charge < -0.3 is 5.73 Å². The lowest BCUT2D eigenvalue weighted by Gasteiger charge is -2.21. The molecule has 0 aliphatic rings. The lowest BCUT2D eigenvalue weighted by molar-refractivity contribution is -0.127. The molecule has 0 saturated heterocycles. The van der Waals surface area contributed by atoms with Crippen molar-refractivity contribution in [2.24, 2.45) is 47.2 Å². The molecule has 2 N–H and O–H groups in total. The number of primary amides is 1. The highest BCUT2D eigenvalue weighted by Gasteiger charge is 2.22. The van der Waals surface area contributed by atoms with Crippen molar-refractivity contribution in [1.29, 1.82) is 0 Å². The first kappa shape index (κ1) is 27.4. The van der Waals surface area contributed by atoms with E-state index in [0.717, 1.165) is 25.7 Å². The molecule has 0 spiro atoms. The van der Waals surface area contributed by atoms with Gasteiger partial charge in [-0.1, -0.05) is 69.2 Å². The molecular formula is C23H47NO2. The first-order valence-corrected chi connectivity index (χ1v) is 10.6. The predicted octanol–water partition coefficient (Wildman–Crippen LogP) is 6.10. The summed E-state index contributed by atoms with van der Waals surface area (Å²) in [5, 5.41) is 0. The van der Waals surface area contributed by atoms with Crippen LogP contribution >= 0.6 is 0 Å². The molecule has 0 aromatic heterocycles. The van der Waals surface area contributed by atoms with Crippen LogP contribution in [-0.2, 0) is 9.59 Å². The molecule has 0 unspecified atom stereocenters. The van der Waals surface area contributed by atoms with Gasteiger partial charge in [0.05, 0.1) is 0 Å². The number of carbonyl (C=O) groups is 2. The Balaban J connectivity index is 0. The van der Waals surface area contributed by atoms with E-state index in [-0.39, 0.29) is 23.7 Å². The van der Waals surface area contributed by atoms with E-state index in [1.165, 1.54) is 0 Å². The van der Waals surface area contributed by atoms with Gasteiger partial charge in [-0.25, -0.2) is 0 Å². The Hall–Kier alpha value is -0.860. The van der Waals surface area contributed by atoms with E-state index >= 15 is 0 Å². The molecule has 26 heavy (non-hydrogen) atoms. The van der Waals surface area contributed by atoms with Crippen LogP contribution in [0.15, 0.2) is 0 Å². The van der Waals surface area contributed by atoms with Gasteiger partial charge in [0.15, 0.2) is 0 Å². The minimum absolute atomic E-state index is 0.0741. The summed E-state index contributed by atoms with van der Waals surface area (Å²) in [6, 6.07) is 0. The molecule has 0 fully saturated rings. The second-order valence-electron chi connectivity index (χ2n) is 9.87. The predicted molar refractivity (Wildman–Crippen MR) is 114 cm³/mol. The number of hydrogen-bond acceptors (Lipinski definition) is 2. The van der Waals surface area contributed by atoms with Gasteiger partial charge in [0.25, 0.3) is 0 Å². The Labute approximate surface area is 163 Å². The maximum Gasteiger partial charge on any atom is 0.220 e. The van der Waals surface area contributed by atoms with Gasteiger partial charge in [0.1, 0.15) is 5.78 Å². The zero-order valence-corrected chi connectivity index (χ0v) is 19.3. The van der Waals surface area contributed by atoms with E-state index in [1.807, 2.05) is 13.8 Å². The van der Waals surface area contributed by atoms with E-state index < -0.39 is 0 Å². The minimum Gasteiger partial charge on any atom is -0.369 e. The molecule has 3 heteroatoms. The van der Waals surface area contributed by atoms with Gasteiger partial charge in [-0.3, -0.25) is 9.59 Å². The molecule has 0 aliphatic heterocycles. The fourth-order valence-electron chi connectivity index (χ4n) is 3.40. The zero-order chi connectivity index (χ0) is 21.0. The Bertz CT molecular complexity index is 364. The van der Waals surface area contributed by atoms with E-state index in [4.69, 9.17) is 5.73 Å². The number of Topliss-reactive ketones (excluding diaryl/α,β-unsaturated/α-hetero) is 1. The van der Waals surface area contributed by atoms with Gasteiger partial charge in [-0.2, -0.15) is 0 Å². The molecule has 0 radical (unpaired) electrons. The molecule has 0 aromatic rings. The molecule has 0 bridgehead atoms. The van der Waals surface area contributed by atoms with Crippen LogP contribution in [0.2, 0.25) is 0 Å². The van der Waals surface area contributed by atoms with E-state index in [9.17, 15) is 9.59 Å². The monoisotopic (exact) mass is 369 g/mol. The number of ketones is 1. The van der Waals surface area contributed by atoms with Crippen LogP contribution in [0.1, 0.15) is 94.9 Å².